The number of carbonyl (C=O) groups excluding carboxylic acids is 1. The number of carboxylic acid groups (broad SMARTS) is 1. The molecule has 1 aliphatic heterocycles. The zero-order valence-corrected chi connectivity index (χ0v) is 12.0. The molecule has 0 aromatic rings. The van der Waals surface area contributed by atoms with Gasteiger partial charge in [0.2, 0.25) is 5.91 Å². The van der Waals surface area contributed by atoms with Crippen molar-refractivity contribution in [3.05, 3.63) is 0 Å². The molecule has 1 rings (SSSR count). The molecule has 1 fully saturated rings. The Morgan fingerprint density at radius 2 is 2.16 bits per heavy atom. The highest BCUT2D eigenvalue weighted by molar-refractivity contribution is 5.77. The maximum Gasteiger partial charge on any atom is 0.308 e. The van der Waals surface area contributed by atoms with Crippen molar-refractivity contribution in [2.45, 2.75) is 52.0 Å². The average molecular weight is 270 g/mol. The normalized spacial score (nSPS) is 20.8. The quantitative estimate of drug-likeness (QED) is 0.735. The minimum atomic E-state index is -0.847. The molecule has 0 aromatic heterocycles. The first-order valence-electron chi connectivity index (χ1n) is 7.28. The summed E-state index contributed by atoms with van der Waals surface area (Å²) in [6.45, 7) is 5.47. The van der Waals surface area contributed by atoms with Crippen LogP contribution in [0.5, 0.6) is 0 Å². The monoisotopic (exact) mass is 270 g/mol. The van der Waals surface area contributed by atoms with Gasteiger partial charge in [0.15, 0.2) is 0 Å². The molecule has 1 heterocycles. The largest absolute Gasteiger partial charge is 0.481 e. The Kier molecular flexibility index (Phi) is 6.84. The molecule has 0 aromatic carbocycles. The van der Waals surface area contributed by atoms with Crippen LogP contribution in [-0.2, 0) is 9.59 Å². The molecule has 0 saturated carbocycles. The van der Waals surface area contributed by atoms with Crippen LogP contribution in [0.15, 0.2) is 0 Å². The Hall–Kier alpha value is -1.10. The second kappa shape index (κ2) is 8.15. The van der Waals surface area contributed by atoms with E-state index >= 15 is 0 Å². The lowest BCUT2D eigenvalue weighted by Crippen LogP contribution is -2.39. The van der Waals surface area contributed by atoms with Crippen molar-refractivity contribution in [1.82, 2.24) is 10.2 Å². The molecular weight excluding hydrogens is 244 g/mol. The number of piperidine rings is 1. The SMILES string of the molecule is CCN(CC(C)C(=O)O)C(=O)CCC1CCCCN1. The molecule has 2 unspecified atom stereocenters. The summed E-state index contributed by atoms with van der Waals surface area (Å²) in [7, 11) is 0. The highest BCUT2D eigenvalue weighted by Crippen LogP contribution is 2.13. The minimum absolute atomic E-state index is 0.0722. The van der Waals surface area contributed by atoms with E-state index < -0.39 is 11.9 Å². The van der Waals surface area contributed by atoms with Crippen molar-refractivity contribution in [3.8, 4) is 0 Å². The first kappa shape index (κ1) is 16.0. The molecule has 0 bridgehead atoms. The highest BCUT2D eigenvalue weighted by atomic mass is 16.4. The van der Waals surface area contributed by atoms with E-state index in [0.717, 1.165) is 19.4 Å². The number of aliphatic carboxylic acids is 1. The molecule has 2 N–H and O–H groups in total. The molecule has 5 heteroatoms. The molecule has 0 aliphatic carbocycles. The van der Waals surface area contributed by atoms with E-state index in [4.69, 9.17) is 5.11 Å². The van der Waals surface area contributed by atoms with Crippen LogP contribution in [0.25, 0.3) is 0 Å². The second-order valence-electron chi connectivity index (χ2n) is 5.36. The third-order valence-electron chi connectivity index (χ3n) is 3.77. The fourth-order valence-corrected chi connectivity index (χ4v) is 2.44. The zero-order valence-electron chi connectivity index (χ0n) is 12.0. The summed E-state index contributed by atoms with van der Waals surface area (Å²) in [5.41, 5.74) is 0. The summed E-state index contributed by atoms with van der Waals surface area (Å²) in [5.74, 6) is -1.28. The molecule has 19 heavy (non-hydrogen) atoms. The third-order valence-corrected chi connectivity index (χ3v) is 3.77. The Balaban J connectivity index is 2.34. The van der Waals surface area contributed by atoms with Gasteiger partial charge >= 0.3 is 5.97 Å². The maximum absolute atomic E-state index is 12.1. The van der Waals surface area contributed by atoms with E-state index in [1.54, 1.807) is 11.8 Å². The van der Waals surface area contributed by atoms with Gasteiger partial charge in [-0.3, -0.25) is 9.59 Å². The van der Waals surface area contributed by atoms with Gasteiger partial charge in [-0.1, -0.05) is 13.3 Å². The summed E-state index contributed by atoms with van der Waals surface area (Å²) in [6.07, 6.45) is 4.97. The number of hydrogen-bond acceptors (Lipinski definition) is 3. The van der Waals surface area contributed by atoms with Crippen LogP contribution in [0.2, 0.25) is 0 Å². The molecular formula is C14H26N2O3. The summed E-state index contributed by atoms with van der Waals surface area (Å²) in [5, 5.41) is 12.3. The number of nitrogens with one attached hydrogen (secondary N) is 1. The fraction of sp³-hybridized carbons (Fsp3) is 0.857. The summed E-state index contributed by atoms with van der Waals surface area (Å²) in [6, 6.07) is 0.452. The Morgan fingerprint density at radius 3 is 2.68 bits per heavy atom. The molecule has 0 radical (unpaired) electrons. The van der Waals surface area contributed by atoms with Gasteiger partial charge in [-0.15, -0.1) is 0 Å². The predicted octanol–water partition coefficient (Wildman–Crippen LogP) is 1.48. The van der Waals surface area contributed by atoms with Crippen LogP contribution in [0.4, 0.5) is 0 Å². The van der Waals surface area contributed by atoms with E-state index in [0.29, 0.717) is 25.6 Å². The first-order valence-corrected chi connectivity index (χ1v) is 7.28. The van der Waals surface area contributed by atoms with Crippen LogP contribution in [0.3, 0.4) is 0 Å². The average Bonchev–Trinajstić information content (AvgIpc) is 2.42. The lowest BCUT2D eigenvalue weighted by Gasteiger charge is -2.26. The van der Waals surface area contributed by atoms with Gasteiger partial charge in [-0.2, -0.15) is 0 Å². The van der Waals surface area contributed by atoms with Crippen molar-refractivity contribution in [3.63, 3.8) is 0 Å². The lowest BCUT2D eigenvalue weighted by atomic mass is 10.00. The van der Waals surface area contributed by atoms with Crippen LogP contribution >= 0.6 is 0 Å². The number of nitrogens with zero attached hydrogens (tertiary/aromatic N) is 1. The van der Waals surface area contributed by atoms with Crippen LogP contribution < -0.4 is 5.32 Å². The van der Waals surface area contributed by atoms with Crippen LogP contribution in [0.1, 0.15) is 46.0 Å². The molecule has 110 valence electrons. The summed E-state index contributed by atoms with van der Waals surface area (Å²) >= 11 is 0. The van der Waals surface area contributed by atoms with E-state index in [1.807, 2.05) is 6.92 Å². The summed E-state index contributed by atoms with van der Waals surface area (Å²) < 4.78 is 0. The van der Waals surface area contributed by atoms with Crippen LogP contribution in [0, 0.1) is 5.92 Å². The molecule has 5 nitrogen and oxygen atoms in total. The van der Waals surface area contributed by atoms with Crippen molar-refractivity contribution < 1.29 is 14.7 Å². The number of rotatable bonds is 7. The topological polar surface area (TPSA) is 69.6 Å². The second-order valence-corrected chi connectivity index (χ2v) is 5.36. The van der Waals surface area contributed by atoms with Crippen molar-refractivity contribution in [2.75, 3.05) is 19.6 Å². The van der Waals surface area contributed by atoms with E-state index in [2.05, 4.69) is 5.32 Å². The van der Waals surface area contributed by atoms with Gasteiger partial charge in [0.1, 0.15) is 0 Å². The molecule has 1 aliphatic rings. The van der Waals surface area contributed by atoms with E-state index in [-0.39, 0.29) is 5.91 Å². The van der Waals surface area contributed by atoms with Gasteiger partial charge in [-0.25, -0.2) is 0 Å². The number of carbonyl (C=O) groups is 2. The molecule has 1 saturated heterocycles. The van der Waals surface area contributed by atoms with Crippen molar-refractivity contribution >= 4 is 11.9 Å². The standard InChI is InChI=1S/C14H26N2O3/c1-3-16(10-11(2)14(18)19)13(17)8-7-12-6-4-5-9-15-12/h11-12,15H,3-10H2,1-2H3,(H,18,19). The molecule has 0 spiro atoms. The van der Waals surface area contributed by atoms with E-state index in [1.165, 1.54) is 12.8 Å². The van der Waals surface area contributed by atoms with Crippen LogP contribution in [-0.4, -0.2) is 47.6 Å². The van der Waals surface area contributed by atoms with Gasteiger partial charge in [0.05, 0.1) is 5.92 Å². The van der Waals surface area contributed by atoms with Gasteiger partial charge in [0, 0.05) is 25.6 Å². The minimum Gasteiger partial charge on any atom is -0.481 e. The molecule has 1 amide bonds. The third kappa shape index (κ3) is 5.59. The zero-order chi connectivity index (χ0) is 14.3. The Bertz CT molecular complexity index is 301. The van der Waals surface area contributed by atoms with Gasteiger partial charge in [0.25, 0.3) is 0 Å². The van der Waals surface area contributed by atoms with Gasteiger partial charge < -0.3 is 15.3 Å². The maximum atomic E-state index is 12.1. The summed E-state index contributed by atoms with van der Waals surface area (Å²) in [4.78, 5) is 24.6. The Morgan fingerprint density at radius 1 is 1.42 bits per heavy atom. The van der Waals surface area contributed by atoms with E-state index in [9.17, 15) is 9.59 Å². The fourth-order valence-electron chi connectivity index (χ4n) is 2.44. The number of carboxylic acids is 1. The smallest absolute Gasteiger partial charge is 0.308 e. The number of amides is 1. The first-order chi connectivity index (χ1) is 9.04. The lowest BCUT2D eigenvalue weighted by molar-refractivity contribution is -0.143. The Labute approximate surface area is 115 Å². The van der Waals surface area contributed by atoms with Crippen molar-refractivity contribution in [2.24, 2.45) is 5.92 Å². The van der Waals surface area contributed by atoms with Crippen molar-refractivity contribution in [1.29, 1.82) is 0 Å². The number of hydrogen-bond donors (Lipinski definition) is 2. The predicted molar refractivity (Wildman–Crippen MR) is 73.9 cm³/mol. The molecule has 2 atom stereocenters. The van der Waals surface area contributed by atoms with Gasteiger partial charge in [-0.05, 0) is 32.7 Å². The highest BCUT2D eigenvalue weighted by Gasteiger charge is 2.20.